The Hall–Kier alpha value is -1.95. The summed E-state index contributed by atoms with van der Waals surface area (Å²) in [4.78, 5) is 24.4. The molecule has 17 heavy (non-hydrogen) atoms. The van der Waals surface area contributed by atoms with Gasteiger partial charge in [-0.25, -0.2) is 0 Å². The Balaban J connectivity index is 2.50. The normalized spacial score (nSPS) is 14.2. The molecule has 2 aromatic heterocycles. The van der Waals surface area contributed by atoms with Crippen LogP contribution in [-0.4, -0.2) is 21.9 Å². The number of H-pyrrole nitrogens is 1. The lowest BCUT2D eigenvalue weighted by atomic mass is 9.81. The number of nitrogens with one attached hydrogen (secondary N) is 1. The molecular weight excluding hydrogens is 238 g/mol. The maximum absolute atomic E-state index is 12.3. The van der Waals surface area contributed by atoms with Crippen LogP contribution in [0, 0.1) is 0 Å². The summed E-state index contributed by atoms with van der Waals surface area (Å²) in [6, 6.07) is 5.01. The highest BCUT2D eigenvalue weighted by atomic mass is 32.1. The Morgan fingerprint density at radius 2 is 2.24 bits per heavy atom. The van der Waals surface area contributed by atoms with Gasteiger partial charge in [-0.05, 0) is 24.4 Å². The van der Waals surface area contributed by atoms with Crippen LogP contribution in [0.4, 0.5) is 0 Å². The predicted molar refractivity (Wildman–Crippen MR) is 63.8 cm³/mol. The Morgan fingerprint density at radius 1 is 1.47 bits per heavy atom. The van der Waals surface area contributed by atoms with Gasteiger partial charge in [-0.3, -0.25) is 14.7 Å². The molecule has 2 heterocycles. The molecule has 6 heteroatoms. The number of thiophene rings is 1. The molecule has 0 radical (unpaired) electrons. The number of aromatic nitrogens is 2. The predicted octanol–water partition coefficient (Wildman–Crippen LogP) is 1.10. The number of Topliss-reactive ketones (excluding diaryl/α,β-unsaturated/α-hetero) is 1. The zero-order valence-electron chi connectivity index (χ0n) is 9.14. The van der Waals surface area contributed by atoms with Crippen molar-refractivity contribution < 1.29 is 9.59 Å². The van der Waals surface area contributed by atoms with Crippen LogP contribution in [0.15, 0.2) is 29.8 Å². The fraction of sp³-hybridized carbons (Fsp3) is 0.182. The van der Waals surface area contributed by atoms with E-state index in [0.29, 0.717) is 10.6 Å². The minimum absolute atomic E-state index is 0.316. The van der Waals surface area contributed by atoms with Crippen molar-refractivity contribution in [3.8, 4) is 0 Å². The molecule has 5 nitrogen and oxygen atoms in total. The first-order valence-electron chi connectivity index (χ1n) is 4.95. The number of rotatable bonds is 4. The Morgan fingerprint density at radius 3 is 2.71 bits per heavy atom. The van der Waals surface area contributed by atoms with Crippen LogP contribution >= 0.6 is 11.3 Å². The molecule has 1 atom stereocenters. The molecule has 2 rings (SSSR count). The van der Waals surface area contributed by atoms with Gasteiger partial charge < -0.3 is 5.73 Å². The van der Waals surface area contributed by atoms with Crippen LogP contribution < -0.4 is 5.73 Å². The maximum atomic E-state index is 12.3. The average Bonchev–Trinajstić information content (AvgIpc) is 2.98. The van der Waals surface area contributed by atoms with E-state index in [-0.39, 0.29) is 5.78 Å². The molecule has 2 aromatic rings. The summed E-state index contributed by atoms with van der Waals surface area (Å²) in [5.74, 6) is -1.01. The first-order valence-corrected chi connectivity index (χ1v) is 5.83. The van der Waals surface area contributed by atoms with Gasteiger partial charge in [0.15, 0.2) is 11.2 Å². The number of hydrogen-bond donors (Lipinski definition) is 2. The quantitative estimate of drug-likeness (QED) is 0.628. The standard InChI is InChI=1S/C11H11N3O2S/c1-11(10(12)16,8-4-5-13-14-8)9(15)7-3-2-6-17-7/h2-6H,1H3,(H2,12,16)(H,13,14). The third kappa shape index (κ3) is 1.76. The highest BCUT2D eigenvalue weighted by molar-refractivity contribution is 7.12. The molecule has 0 aliphatic carbocycles. The molecule has 0 aliphatic rings. The monoisotopic (exact) mass is 249 g/mol. The van der Waals surface area contributed by atoms with Gasteiger partial charge in [-0.15, -0.1) is 11.3 Å². The minimum Gasteiger partial charge on any atom is -0.368 e. The zero-order chi connectivity index (χ0) is 12.5. The van der Waals surface area contributed by atoms with E-state index in [0.717, 1.165) is 0 Å². The maximum Gasteiger partial charge on any atom is 0.237 e. The molecule has 0 saturated heterocycles. The van der Waals surface area contributed by atoms with Crippen LogP contribution in [0.5, 0.6) is 0 Å². The van der Waals surface area contributed by atoms with Gasteiger partial charge >= 0.3 is 0 Å². The van der Waals surface area contributed by atoms with Gasteiger partial charge in [0.2, 0.25) is 5.91 Å². The van der Waals surface area contributed by atoms with Crippen molar-refractivity contribution in [3.05, 3.63) is 40.3 Å². The highest BCUT2D eigenvalue weighted by Gasteiger charge is 2.43. The number of hydrogen-bond acceptors (Lipinski definition) is 4. The second-order valence-corrected chi connectivity index (χ2v) is 4.71. The van der Waals surface area contributed by atoms with E-state index >= 15 is 0 Å². The fourth-order valence-electron chi connectivity index (χ4n) is 1.56. The van der Waals surface area contributed by atoms with E-state index in [1.165, 1.54) is 24.5 Å². The van der Waals surface area contributed by atoms with Crippen LogP contribution in [0.3, 0.4) is 0 Å². The number of aromatic amines is 1. The van der Waals surface area contributed by atoms with Crippen LogP contribution in [0.25, 0.3) is 0 Å². The van der Waals surface area contributed by atoms with Crippen LogP contribution in [0.2, 0.25) is 0 Å². The van der Waals surface area contributed by atoms with E-state index in [1.54, 1.807) is 23.6 Å². The molecule has 88 valence electrons. The molecular formula is C11H11N3O2S. The second-order valence-electron chi connectivity index (χ2n) is 3.77. The third-order valence-electron chi connectivity index (χ3n) is 2.73. The minimum atomic E-state index is -1.40. The van der Waals surface area contributed by atoms with E-state index < -0.39 is 11.3 Å². The molecule has 0 aliphatic heterocycles. The largest absolute Gasteiger partial charge is 0.368 e. The van der Waals surface area contributed by atoms with E-state index in [1.807, 2.05) is 0 Å². The summed E-state index contributed by atoms with van der Waals surface area (Å²) in [5.41, 5.74) is 4.37. The molecule has 1 amide bonds. The summed E-state index contributed by atoms with van der Waals surface area (Å²) in [7, 11) is 0. The third-order valence-corrected chi connectivity index (χ3v) is 3.60. The van der Waals surface area contributed by atoms with Gasteiger partial charge in [-0.2, -0.15) is 5.10 Å². The van der Waals surface area contributed by atoms with Crippen molar-refractivity contribution in [2.45, 2.75) is 12.3 Å². The number of primary amides is 1. The van der Waals surface area contributed by atoms with Gasteiger partial charge in [0.1, 0.15) is 0 Å². The first-order chi connectivity index (χ1) is 8.06. The number of amides is 1. The van der Waals surface area contributed by atoms with E-state index in [2.05, 4.69) is 10.2 Å². The lowest BCUT2D eigenvalue weighted by Crippen LogP contribution is -2.45. The zero-order valence-corrected chi connectivity index (χ0v) is 9.95. The summed E-state index contributed by atoms with van der Waals surface area (Å²) in [6.07, 6.45) is 1.48. The Labute approximate surface area is 102 Å². The van der Waals surface area contributed by atoms with E-state index in [4.69, 9.17) is 5.73 Å². The summed E-state index contributed by atoms with van der Waals surface area (Å²) in [5, 5.41) is 8.17. The lowest BCUT2D eigenvalue weighted by Gasteiger charge is -2.22. The van der Waals surface area contributed by atoms with Crippen molar-refractivity contribution in [2.24, 2.45) is 5.73 Å². The first kappa shape index (κ1) is 11.5. The molecule has 0 saturated carbocycles. The summed E-state index contributed by atoms with van der Waals surface area (Å²) in [6.45, 7) is 1.50. The molecule has 0 spiro atoms. The van der Waals surface area contributed by atoms with Gasteiger partial charge in [0.05, 0.1) is 10.6 Å². The van der Waals surface area contributed by atoms with Crippen molar-refractivity contribution >= 4 is 23.0 Å². The molecule has 1 unspecified atom stereocenters. The van der Waals surface area contributed by atoms with Crippen molar-refractivity contribution in [1.29, 1.82) is 0 Å². The lowest BCUT2D eigenvalue weighted by molar-refractivity contribution is -0.121. The van der Waals surface area contributed by atoms with Gasteiger partial charge in [0, 0.05) is 6.20 Å². The molecule has 0 aromatic carbocycles. The molecule has 0 fully saturated rings. The topological polar surface area (TPSA) is 88.8 Å². The van der Waals surface area contributed by atoms with Crippen molar-refractivity contribution in [1.82, 2.24) is 10.2 Å². The van der Waals surface area contributed by atoms with Crippen LogP contribution in [0.1, 0.15) is 22.3 Å². The smallest absolute Gasteiger partial charge is 0.237 e. The summed E-state index contributed by atoms with van der Waals surface area (Å²) >= 11 is 1.28. The second kappa shape index (κ2) is 4.14. The van der Waals surface area contributed by atoms with Gasteiger partial charge in [0.25, 0.3) is 0 Å². The highest BCUT2D eigenvalue weighted by Crippen LogP contribution is 2.28. The summed E-state index contributed by atoms with van der Waals surface area (Å²) < 4.78 is 0. The van der Waals surface area contributed by atoms with Crippen molar-refractivity contribution in [2.75, 3.05) is 0 Å². The average molecular weight is 249 g/mol. The Kier molecular flexibility index (Phi) is 2.81. The fourth-order valence-corrected chi connectivity index (χ4v) is 2.33. The van der Waals surface area contributed by atoms with Crippen LogP contribution in [-0.2, 0) is 10.2 Å². The molecule has 0 bridgehead atoms. The van der Waals surface area contributed by atoms with Crippen molar-refractivity contribution in [3.63, 3.8) is 0 Å². The SMILES string of the molecule is CC(C(N)=O)(C(=O)c1cccs1)c1ccn[nH]1. The molecule has 3 N–H and O–H groups in total. The van der Waals surface area contributed by atoms with E-state index in [9.17, 15) is 9.59 Å². The Bertz CT molecular complexity index is 533. The number of nitrogens with two attached hydrogens (primary N) is 1. The number of nitrogens with zero attached hydrogens (tertiary/aromatic N) is 1. The number of carbonyl (C=O) groups is 2. The van der Waals surface area contributed by atoms with Gasteiger partial charge in [-0.1, -0.05) is 6.07 Å². The number of carbonyl (C=O) groups excluding carboxylic acids is 2. The number of ketones is 1.